The normalized spacial score (nSPS) is 12.3. The molecule has 0 fully saturated rings. The van der Waals surface area contributed by atoms with Gasteiger partial charge in [0.05, 0.1) is 22.3 Å². The first kappa shape index (κ1) is 40.8. The van der Waals surface area contributed by atoms with Crippen LogP contribution in [0.1, 0.15) is 22.3 Å². The molecule has 0 N–H and O–H groups in total. The Morgan fingerprint density at radius 2 is 0.383 bits per heavy atom. The highest BCUT2D eigenvalue weighted by Gasteiger charge is 2.33. The van der Waals surface area contributed by atoms with E-state index in [1.165, 1.54) is 48.5 Å². The van der Waals surface area contributed by atoms with Crippen LogP contribution in [-0.4, -0.2) is 40.8 Å². The average Bonchev–Trinajstić information content (AvgIpc) is 4.04. The maximum absolute atomic E-state index is 12.6. The molecule has 0 bridgehead atoms. The van der Waals surface area contributed by atoms with Gasteiger partial charge in [0.25, 0.3) is 0 Å². The lowest BCUT2D eigenvalue weighted by Crippen LogP contribution is -2.03. The summed E-state index contributed by atoms with van der Waals surface area (Å²) in [7, 11) is 0. The highest BCUT2D eigenvalue weighted by molar-refractivity contribution is 5.59. The number of halogens is 12. The SMILES string of the molecule is FC(F)(F)c1ccc(-c2nnc(-c3nnc(-c4ccc(C(F)(F)F)cc4)o3)o2)cc1.FC(F)(F)c1ccc(-c2nnc(-c3nnc(-c4ccc(C(F)(F)F)cc4)o3)o2)cc1. The fraction of sp³-hybridized carbons (Fsp3) is 0.111. The molecule has 4 aromatic carbocycles. The topological polar surface area (TPSA) is 156 Å². The van der Waals surface area contributed by atoms with Crippen LogP contribution in [0.4, 0.5) is 52.7 Å². The molecule has 0 saturated heterocycles. The molecule has 4 aromatic heterocycles. The molecule has 308 valence electrons. The third-order valence-corrected chi connectivity index (χ3v) is 7.90. The minimum Gasteiger partial charge on any atom is -0.412 e. The highest BCUT2D eigenvalue weighted by Crippen LogP contribution is 2.35. The number of alkyl halides is 12. The molecular weight excluding hydrogens is 836 g/mol. The van der Waals surface area contributed by atoms with E-state index in [-0.39, 0.29) is 69.4 Å². The molecule has 12 nitrogen and oxygen atoms in total. The van der Waals surface area contributed by atoms with Crippen molar-refractivity contribution < 1.29 is 70.4 Å². The molecule has 0 aliphatic heterocycles. The summed E-state index contributed by atoms with van der Waals surface area (Å²) in [4.78, 5) is 0. The van der Waals surface area contributed by atoms with Crippen LogP contribution in [0.3, 0.4) is 0 Å². The third kappa shape index (κ3) is 9.16. The molecule has 60 heavy (non-hydrogen) atoms. The molecule has 4 heterocycles. The summed E-state index contributed by atoms with van der Waals surface area (Å²) < 4.78 is 173. The van der Waals surface area contributed by atoms with Crippen LogP contribution in [-0.2, 0) is 24.7 Å². The zero-order chi connectivity index (χ0) is 43.0. The van der Waals surface area contributed by atoms with Crippen molar-refractivity contribution in [1.82, 2.24) is 40.8 Å². The minimum atomic E-state index is -4.48. The lowest BCUT2D eigenvalue weighted by Gasteiger charge is -2.05. The van der Waals surface area contributed by atoms with Crippen LogP contribution in [0.15, 0.2) is 115 Å². The van der Waals surface area contributed by atoms with E-state index in [1.807, 2.05) is 0 Å². The number of benzene rings is 4. The summed E-state index contributed by atoms with van der Waals surface area (Å²) in [6.07, 6.45) is -17.9. The van der Waals surface area contributed by atoms with E-state index in [4.69, 9.17) is 17.7 Å². The summed E-state index contributed by atoms with van der Waals surface area (Å²) in [5.41, 5.74) is -2.36. The lowest BCUT2D eigenvalue weighted by molar-refractivity contribution is -0.138. The molecule has 0 amide bonds. The van der Waals surface area contributed by atoms with Gasteiger partial charge in [0.2, 0.25) is 23.6 Å². The predicted octanol–water partition coefficient (Wildman–Crippen LogP) is 11.0. The van der Waals surface area contributed by atoms with Crippen molar-refractivity contribution in [3.05, 3.63) is 119 Å². The molecule has 0 aliphatic carbocycles. The molecular formula is C36H16F12N8O4. The number of hydrogen-bond acceptors (Lipinski definition) is 12. The zero-order valence-corrected chi connectivity index (χ0v) is 29.0. The molecule has 8 rings (SSSR count). The summed E-state index contributed by atoms with van der Waals surface area (Å²) in [6, 6.07) is 16.3. The Bertz CT molecular complexity index is 2320. The molecule has 0 unspecified atom stereocenters. The molecule has 0 spiro atoms. The second-order valence-electron chi connectivity index (χ2n) is 11.9. The van der Waals surface area contributed by atoms with E-state index in [0.29, 0.717) is 0 Å². The van der Waals surface area contributed by atoms with E-state index in [0.717, 1.165) is 48.5 Å². The Labute approximate surface area is 324 Å². The van der Waals surface area contributed by atoms with Gasteiger partial charge < -0.3 is 17.7 Å². The molecule has 24 heteroatoms. The van der Waals surface area contributed by atoms with E-state index < -0.39 is 47.0 Å². The Kier molecular flexibility index (Phi) is 10.5. The van der Waals surface area contributed by atoms with Crippen molar-refractivity contribution in [2.24, 2.45) is 0 Å². The molecule has 0 atom stereocenters. The van der Waals surface area contributed by atoms with Crippen molar-refractivity contribution in [2.75, 3.05) is 0 Å². The predicted molar refractivity (Wildman–Crippen MR) is 177 cm³/mol. The van der Waals surface area contributed by atoms with Crippen LogP contribution in [0.5, 0.6) is 0 Å². The quantitative estimate of drug-likeness (QED) is 0.146. The van der Waals surface area contributed by atoms with Gasteiger partial charge in [0.1, 0.15) is 0 Å². The maximum Gasteiger partial charge on any atom is 0.416 e. The van der Waals surface area contributed by atoms with E-state index in [1.54, 1.807) is 0 Å². The van der Waals surface area contributed by atoms with Gasteiger partial charge in [-0.2, -0.15) is 52.7 Å². The Hall–Kier alpha value is -7.40. The number of rotatable bonds is 6. The summed E-state index contributed by atoms with van der Waals surface area (Å²) in [5.74, 6) is -1.10. The maximum atomic E-state index is 12.6. The van der Waals surface area contributed by atoms with Crippen molar-refractivity contribution >= 4 is 0 Å². The summed E-state index contributed by atoms with van der Waals surface area (Å²) in [6.45, 7) is 0. The van der Waals surface area contributed by atoms with E-state index in [9.17, 15) is 52.7 Å². The number of nitrogens with zero attached hydrogens (tertiary/aromatic N) is 8. The first-order valence-electron chi connectivity index (χ1n) is 16.3. The molecule has 8 aromatic rings. The van der Waals surface area contributed by atoms with Gasteiger partial charge in [0.15, 0.2) is 0 Å². The Morgan fingerprint density at radius 1 is 0.233 bits per heavy atom. The van der Waals surface area contributed by atoms with Gasteiger partial charge in [0, 0.05) is 22.3 Å². The second-order valence-corrected chi connectivity index (χ2v) is 11.9. The van der Waals surface area contributed by atoms with Crippen molar-refractivity contribution in [2.45, 2.75) is 24.7 Å². The summed E-state index contributed by atoms with van der Waals surface area (Å²) in [5, 5.41) is 29.7. The van der Waals surface area contributed by atoms with E-state index >= 15 is 0 Å². The second kappa shape index (κ2) is 15.4. The first-order valence-corrected chi connectivity index (χ1v) is 16.3. The fourth-order valence-corrected chi connectivity index (χ4v) is 4.91. The Morgan fingerprint density at radius 3 is 0.533 bits per heavy atom. The fourth-order valence-electron chi connectivity index (χ4n) is 4.91. The van der Waals surface area contributed by atoms with Crippen LogP contribution in [0.25, 0.3) is 69.4 Å². The largest absolute Gasteiger partial charge is 0.416 e. The van der Waals surface area contributed by atoms with Gasteiger partial charge in [-0.05, 0) is 97.1 Å². The molecule has 0 radical (unpaired) electrons. The van der Waals surface area contributed by atoms with Gasteiger partial charge in [-0.25, -0.2) is 0 Å². The van der Waals surface area contributed by atoms with Crippen molar-refractivity contribution in [1.29, 1.82) is 0 Å². The van der Waals surface area contributed by atoms with Crippen LogP contribution in [0, 0.1) is 0 Å². The monoisotopic (exact) mass is 852 g/mol. The van der Waals surface area contributed by atoms with Crippen molar-refractivity contribution in [3.8, 4) is 69.4 Å². The summed E-state index contributed by atoms with van der Waals surface area (Å²) >= 11 is 0. The number of aromatic nitrogens is 8. The molecule has 0 saturated carbocycles. The Balaban J connectivity index is 0.000000181. The van der Waals surface area contributed by atoms with Crippen LogP contribution < -0.4 is 0 Å². The van der Waals surface area contributed by atoms with E-state index in [2.05, 4.69) is 40.8 Å². The van der Waals surface area contributed by atoms with Gasteiger partial charge >= 0.3 is 48.3 Å². The number of hydrogen-bond donors (Lipinski definition) is 0. The standard InChI is InChI=1S/2C18H8F6N4O2/c2*19-17(20,21)11-5-1-9(2-6-11)13-25-27-15(29-13)16-28-26-14(30-16)10-3-7-12(8-4-10)18(22,23)24/h2*1-8H. The van der Waals surface area contributed by atoms with Crippen LogP contribution in [0.2, 0.25) is 0 Å². The average molecular weight is 853 g/mol. The third-order valence-electron chi connectivity index (χ3n) is 7.90. The first-order chi connectivity index (χ1) is 28.2. The zero-order valence-electron chi connectivity index (χ0n) is 29.0. The molecule has 0 aliphatic rings. The minimum absolute atomic E-state index is 0.0759. The lowest BCUT2D eigenvalue weighted by atomic mass is 10.1. The van der Waals surface area contributed by atoms with Crippen LogP contribution >= 0.6 is 0 Å². The van der Waals surface area contributed by atoms with Crippen molar-refractivity contribution in [3.63, 3.8) is 0 Å². The van der Waals surface area contributed by atoms with Gasteiger partial charge in [-0.15, -0.1) is 40.8 Å². The van der Waals surface area contributed by atoms with Gasteiger partial charge in [-0.1, -0.05) is 0 Å². The highest BCUT2D eigenvalue weighted by atomic mass is 19.4. The van der Waals surface area contributed by atoms with Gasteiger partial charge in [-0.3, -0.25) is 0 Å². The smallest absolute Gasteiger partial charge is 0.412 e.